The van der Waals surface area contributed by atoms with Gasteiger partial charge in [0.25, 0.3) is 0 Å². The van der Waals surface area contributed by atoms with Crippen LogP contribution in [0.3, 0.4) is 0 Å². The topological polar surface area (TPSA) is 37.8 Å². The summed E-state index contributed by atoms with van der Waals surface area (Å²) in [6.07, 6.45) is 3.00. The molecule has 2 rings (SSSR count). The van der Waals surface area contributed by atoms with Crippen LogP contribution in [0.5, 0.6) is 0 Å². The highest BCUT2D eigenvalue weighted by Gasteiger charge is 2.21. The van der Waals surface area contributed by atoms with Crippen LogP contribution in [0.4, 0.5) is 5.82 Å². The minimum Gasteiger partial charge on any atom is -0.356 e. The number of hydrogen-bond acceptors (Lipinski definition) is 4. The Morgan fingerprint density at radius 2 is 2.43 bits per heavy atom. The molecule has 1 N–H and O–H groups in total. The van der Waals surface area contributed by atoms with Crippen molar-refractivity contribution in [2.75, 3.05) is 5.32 Å². The molecule has 2 atom stereocenters. The second-order valence-electron chi connectivity index (χ2n) is 3.66. The average Bonchev–Trinajstić information content (AvgIpc) is 2.55. The summed E-state index contributed by atoms with van der Waals surface area (Å²) in [5.41, 5.74) is 1.11. The molecule has 4 heteroatoms. The molecule has 76 valence electrons. The van der Waals surface area contributed by atoms with Crippen molar-refractivity contribution in [2.45, 2.75) is 43.5 Å². The van der Waals surface area contributed by atoms with Crippen molar-refractivity contribution in [3.8, 4) is 0 Å². The third-order valence-corrected chi connectivity index (χ3v) is 3.48. The highest BCUT2D eigenvalue weighted by molar-refractivity contribution is 8.00. The standard InChI is InChI=1S/C10H15N3S/c1-4-6(2)8-5-11-9-10(13-8)14-7(3)12-9/h5-7H,4H2,1-3H3,(H,11,12). The summed E-state index contributed by atoms with van der Waals surface area (Å²) in [5.74, 6) is 1.44. The Hall–Kier alpha value is -0.770. The SMILES string of the molecule is CCC(C)c1cnc2c(n1)SC(C)N2. The van der Waals surface area contributed by atoms with Gasteiger partial charge in [-0.25, -0.2) is 9.97 Å². The number of fused-ring (bicyclic) bond motifs is 1. The third-order valence-electron chi connectivity index (χ3n) is 2.50. The van der Waals surface area contributed by atoms with Crippen molar-refractivity contribution >= 4 is 17.6 Å². The zero-order valence-electron chi connectivity index (χ0n) is 8.74. The first-order valence-electron chi connectivity index (χ1n) is 5.00. The maximum absolute atomic E-state index is 4.61. The lowest BCUT2D eigenvalue weighted by Crippen LogP contribution is -2.04. The van der Waals surface area contributed by atoms with Gasteiger partial charge in [-0.05, 0) is 19.3 Å². The summed E-state index contributed by atoms with van der Waals surface area (Å²) >= 11 is 1.75. The summed E-state index contributed by atoms with van der Waals surface area (Å²) in [7, 11) is 0. The third kappa shape index (κ3) is 1.71. The van der Waals surface area contributed by atoms with Gasteiger partial charge in [-0.1, -0.05) is 25.6 Å². The normalized spacial score (nSPS) is 21.5. The predicted molar refractivity (Wildman–Crippen MR) is 59.7 cm³/mol. The van der Waals surface area contributed by atoms with Crippen LogP contribution in [0.15, 0.2) is 11.2 Å². The van der Waals surface area contributed by atoms with Crippen LogP contribution >= 0.6 is 11.8 Å². The second kappa shape index (κ2) is 3.77. The van der Waals surface area contributed by atoms with Gasteiger partial charge in [-0.2, -0.15) is 0 Å². The number of nitrogens with one attached hydrogen (secondary N) is 1. The van der Waals surface area contributed by atoms with E-state index in [2.05, 4.69) is 36.1 Å². The first kappa shape index (κ1) is 9.77. The van der Waals surface area contributed by atoms with E-state index in [-0.39, 0.29) is 0 Å². The van der Waals surface area contributed by atoms with Crippen molar-refractivity contribution in [1.82, 2.24) is 9.97 Å². The van der Waals surface area contributed by atoms with Crippen molar-refractivity contribution in [1.29, 1.82) is 0 Å². The Labute approximate surface area is 88.7 Å². The van der Waals surface area contributed by atoms with Gasteiger partial charge in [0.1, 0.15) is 5.03 Å². The van der Waals surface area contributed by atoms with Gasteiger partial charge in [-0.3, -0.25) is 0 Å². The fourth-order valence-electron chi connectivity index (χ4n) is 1.40. The molecule has 1 aliphatic heterocycles. The van der Waals surface area contributed by atoms with E-state index in [0.717, 1.165) is 23.0 Å². The van der Waals surface area contributed by atoms with Gasteiger partial charge < -0.3 is 5.32 Å². The Balaban J connectivity index is 2.28. The molecule has 0 bridgehead atoms. The summed E-state index contributed by atoms with van der Waals surface area (Å²) in [6.45, 7) is 6.48. The molecule has 0 amide bonds. The molecular formula is C10H15N3S. The molecule has 2 heterocycles. The minimum atomic E-state index is 0.400. The molecule has 1 aromatic rings. The van der Waals surface area contributed by atoms with E-state index in [4.69, 9.17) is 0 Å². The van der Waals surface area contributed by atoms with Gasteiger partial charge in [0, 0.05) is 0 Å². The van der Waals surface area contributed by atoms with E-state index < -0.39 is 0 Å². The summed E-state index contributed by atoms with van der Waals surface area (Å²) in [6, 6.07) is 0. The second-order valence-corrected chi connectivity index (χ2v) is 4.99. The lowest BCUT2D eigenvalue weighted by atomic mass is 10.1. The molecule has 0 aromatic carbocycles. The van der Waals surface area contributed by atoms with Crippen molar-refractivity contribution in [3.05, 3.63) is 11.9 Å². The molecule has 0 aliphatic carbocycles. The van der Waals surface area contributed by atoms with Crippen LogP contribution in [0, 0.1) is 0 Å². The Kier molecular flexibility index (Phi) is 2.63. The smallest absolute Gasteiger partial charge is 0.159 e. The first-order chi connectivity index (χ1) is 6.70. The van der Waals surface area contributed by atoms with E-state index in [1.807, 2.05) is 6.20 Å². The van der Waals surface area contributed by atoms with Gasteiger partial charge in [-0.15, -0.1) is 0 Å². The van der Waals surface area contributed by atoms with Crippen LogP contribution in [0.2, 0.25) is 0 Å². The van der Waals surface area contributed by atoms with Gasteiger partial charge in [0.05, 0.1) is 17.3 Å². The average molecular weight is 209 g/mol. The monoisotopic (exact) mass is 209 g/mol. The highest BCUT2D eigenvalue weighted by atomic mass is 32.2. The predicted octanol–water partition coefficient (Wildman–Crippen LogP) is 2.85. The fourth-order valence-corrected chi connectivity index (χ4v) is 2.29. The summed E-state index contributed by atoms with van der Waals surface area (Å²) < 4.78 is 0. The van der Waals surface area contributed by atoms with Gasteiger partial charge in [0.2, 0.25) is 0 Å². The van der Waals surface area contributed by atoms with E-state index in [1.54, 1.807) is 11.8 Å². The largest absolute Gasteiger partial charge is 0.356 e. The molecule has 0 fully saturated rings. The molecule has 2 unspecified atom stereocenters. The number of thioether (sulfide) groups is 1. The molecule has 0 radical (unpaired) electrons. The summed E-state index contributed by atoms with van der Waals surface area (Å²) in [5, 5.41) is 4.72. The van der Waals surface area contributed by atoms with Crippen molar-refractivity contribution in [2.24, 2.45) is 0 Å². The number of nitrogens with zero attached hydrogens (tertiary/aromatic N) is 2. The van der Waals surface area contributed by atoms with E-state index >= 15 is 0 Å². The van der Waals surface area contributed by atoms with Crippen LogP contribution in [0.25, 0.3) is 0 Å². The van der Waals surface area contributed by atoms with E-state index in [1.165, 1.54) is 0 Å². The molecular weight excluding hydrogens is 194 g/mol. The zero-order chi connectivity index (χ0) is 10.1. The first-order valence-corrected chi connectivity index (χ1v) is 5.88. The zero-order valence-corrected chi connectivity index (χ0v) is 9.56. The van der Waals surface area contributed by atoms with Crippen molar-refractivity contribution < 1.29 is 0 Å². The van der Waals surface area contributed by atoms with Crippen LogP contribution < -0.4 is 5.32 Å². The minimum absolute atomic E-state index is 0.400. The fraction of sp³-hybridized carbons (Fsp3) is 0.600. The van der Waals surface area contributed by atoms with Crippen LogP contribution in [0.1, 0.15) is 38.8 Å². The molecule has 1 aromatic heterocycles. The van der Waals surface area contributed by atoms with Gasteiger partial charge >= 0.3 is 0 Å². The molecule has 3 nitrogen and oxygen atoms in total. The summed E-state index contributed by atoms with van der Waals surface area (Å²) in [4.78, 5) is 9.00. The number of anilines is 1. The Bertz CT molecular complexity index is 340. The molecule has 0 spiro atoms. The van der Waals surface area contributed by atoms with Crippen molar-refractivity contribution in [3.63, 3.8) is 0 Å². The Morgan fingerprint density at radius 3 is 3.14 bits per heavy atom. The van der Waals surface area contributed by atoms with Crippen LogP contribution in [-0.4, -0.2) is 15.3 Å². The molecule has 0 saturated heterocycles. The van der Waals surface area contributed by atoms with E-state index in [9.17, 15) is 0 Å². The molecule has 14 heavy (non-hydrogen) atoms. The Morgan fingerprint density at radius 1 is 1.64 bits per heavy atom. The number of aromatic nitrogens is 2. The number of hydrogen-bond donors (Lipinski definition) is 1. The lowest BCUT2D eigenvalue weighted by Gasteiger charge is -2.07. The van der Waals surface area contributed by atoms with Gasteiger partial charge in [0.15, 0.2) is 5.82 Å². The highest BCUT2D eigenvalue weighted by Crippen LogP contribution is 2.35. The molecule has 0 saturated carbocycles. The lowest BCUT2D eigenvalue weighted by molar-refractivity contribution is 0.693. The van der Waals surface area contributed by atoms with Crippen LogP contribution in [-0.2, 0) is 0 Å². The quantitative estimate of drug-likeness (QED) is 0.812. The van der Waals surface area contributed by atoms with E-state index in [0.29, 0.717) is 11.3 Å². The number of rotatable bonds is 2. The maximum atomic E-state index is 4.61. The maximum Gasteiger partial charge on any atom is 0.159 e. The molecule has 1 aliphatic rings.